The van der Waals surface area contributed by atoms with Gasteiger partial charge in [-0.05, 0) is 37.6 Å². The summed E-state index contributed by atoms with van der Waals surface area (Å²) in [5.41, 5.74) is 0.250. The highest BCUT2D eigenvalue weighted by atomic mass is 35.5. The number of hydrogen-bond donors (Lipinski definition) is 3. The van der Waals surface area contributed by atoms with E-state index >= 15 is 0 Å². The Morgan fingerprint density at radius 3 is 2.84 bits per heavy atom. The van der Waals surface area contributed by atoms with Crippen LogP contribution in [-0.2, 0) is 14.3 Å². The predicted molar refractivity (Wildman–Crippen MR) is 124 cm³/mol. The number of carbonyl (C=O) groups is 2. The van der Waals surface area contributed by atoms with Gasteiger partial charge >= 0.3 is 5.97 Å². The number of fused-ring (bicyclic) bond motifs is 1. The number of amides is 1. The zero-order valence-electron chi connectivity index (χ0n) is 17.4. The fraction of sp³-hybridized carbons (Fsp3) is 0.300. The molecule has 0 bridgehead atoms. The highest BCUT2D eigenvalue weighted by Crippen LogP contribution is 2.31. The number of thioether (sulfide) groups is 1. The van der Waals surface area contributed by atoms with E-state index in [0.717, 1.165) is 23.1 Å². The molecule has 3 rings (SSSR count). The summed E-state index contributed by atoms with van der Waals surface area (Å²) >= 11 is 7.98. The number of halogens is 1. The van der Waals surface area contributed by atoms with Crippen LogP contribution in [0.15, 0.2) is 28.2 Å². The molecule has 0 saturated carbocycles. The summed E-state index contributed by atoms with van der Waals surface area (Å²) < 4.78 is 10.00. The van der Waals surface area contributed by atoms with Crippen molar-refractivity contribution in [1.29, 1.82) is 0 Å². The number of aromatic hydroxyl groups is 1. The average molecular weight is 498 g/mol. The van der Waals surface area contributed by atoms with Crippen LogP contribution in [0.25, 0.3) is 10.2 Å². The van der Waals surface area contributed by atoms with Gasteiger partial charge in [-0.3, -0.25) is 9.59 Å². The Kier molecular flexibility index (Phi) is 7.77. The molecule has 1 aromatic carbocycles. The van der Waals surface area contributed by atoms with Gasteiger partial charge in [0.15, 0.2) is 5.16 Å². The summed E-state index contributed by atoms with van der Waals surface area (Å²) in [6, 6.07) is 4.30. The standard InChI is InChI=1S/C20H20ClN3O6S2/c1-9-14-17(27)23-20(24-18(14)32-15(9)19(28)30-7-6-29-3)31-10(2)16(26)22-12-8-11(21)4-5-13(12)25/h4-5,8,10,25H,6-7H2,1-3H3,(H,22,26)(H,23,24,27). The van der Waals surface area contributed by atoms with Gasteiger partial charge in [-0.2, -0.15) is 0 Å². The number of aryl methyl sites for hydroxylation is 1. The highest BCUT2D eigenvalue weighted by Gasteiger charge is 2.22. The molecule has 12 heteroatoms. The molecule has 1 atom stereocenters. The van der Waals surface area contributed by atoms with Gasteiger partial charge in [0.1, 0.15) is 22.1 Å². The van der Waals surface area contributed by atoms with E-state index in [4.69, 9.17) is 21.1 Å². The van der Waals surface area contributed by atoms with Crippen LogP contribution in [-0.4, -0.2) is 52.5 Å². The lowest BCUT2D eigenvalue weighted by atomic mass is 10.2. The maximum atomic E-state index is 12.6. The van der Waals surface area contributed by atoms with Crippen LogP contribution >= 0.6 is 34.7 Å². The van der Waals surface area contributed by atoms with E-state index in [-0.39, 0.29) is 29.8 Å². The molecule has 32 heavy (non-hydrogen) atoms. The number of carbonyl (C=O) groups excluding carboxylic acids is 2. The lowest BCUT2D eigenvalue weighted by Gasteiger charge is -2.12. The molecule has 2 aromatic heterocycles. The number of esters is 1. The first-order valence-electron chi connectivity index (χ1n) is 9.36. The summed E-state index contributed by atoms with van der Waals surface area (Å²) in [7, 11) is 1.50. The molecule has 9 nitrogen and oxygen atoms in total. The molecule has 0 aliphatic carbocycles. The van der Waals surface area contributed by atoms with Crippen LogP contribution in [0.3, 0.4) is 0 Å². The topological polar surface area (TPSA) is 131 Å². The van der Waals surface area contributed by atoms with Gasteiger partial charge in [0.2, 0.25) is 5.91 Å². The number of methoxy groups -OCH3 is 1. The first kappa shape index (κ1) is 24.1. The number of aromatic nitrogens is 2. The van der Waals surface area contributed by atoms with Gasteiger partial charge in [-0.25, -0.2) is 9.78 Å². The van der Waals surface area contributed by atoms with Gasteiger partial charge in [-0.1, -0.05) is 23.4 Å². The third-order valence-corrected chi connectivity index (χ3v) is 6.74. The van der Waals surface area contributed by atoms with Crippen molar-refractivity contribution in [3.05, 3.63) is 44.0 Å². The summed E-state index contributed by atoms with van der Waals surface area (Å²) in [5.74, 6) is -1.09. The summed E-state index contributed by atoms with van der Waals surface area (Å²) in [5, 5.41) is 12.7. The number of benzene rings is 1. The van der Waals surface area contributed by atoms with Crippen molar-refractivity contribution >= 4 is 62.5 Å². The van der Waals surface area contributed by atoms with E-state index in [1.165, 1.54) is 25.3 Å². The molecule has 3 N–H and O–H groups in total. The minimum atomic E-state index is -0.659. The van der Waals surface area contributed by atoms with E-state index < -0.39 is 22.7 Å². The Balaban J connectivity index is 1.78. The average Bonchev–Trinajstić information content (AvgIpc) is 3.07. The van der Waals surface area contributed by atoms with Crippen LogP contribution in [0.1, 0.15) is 22.2 Å². The predicted octanol–water partition coefficient (Wildman–Crippen LogP) is 3.57. The molecule has 0 saturated heterocycles. The van der Waals surface area contributed by atoms with Gasteiger partial charge in [0, 0.05) is 12.1 Å². The van der Waals surface area contributed by atoms with Crippen molar-refractivity contribution in [2.75, 3.05) is 25.6 Å². The molecule has 1 unspecified atom stereocenters. The second-order valence-corrected chi connectivity index (χ2v) is 9.41. The van der Waals surface area contributed by atoms with Crippen molar-refractivity contribution in [3.8, 4) is 5.75 Å². The van der Waals surface area contributed by atoms with E-state index in [1.807, 2.05) is 0 Å². The summed E-state index contributed by atoms with van der Waals surface area (Å²) in [6.45, 7) is 3.65. The lowest BCUT2D eigenvalue weighted by molar-refractivity contribution is -0.115. The fourth-order valence-electron chi connectivity index (χ4n) is 2.72. The second-order valence-electron chi connectivity index (χ2n) is 6.65. The molecule has 0 spiro atoms. The molecular formula is C20H20ClN3O6S2. The third kappa shape index (κ3) is 5.41. The van der Waals surface area contributed by atoms with Crippen molar-refractivity contribution in [2.45, 2.75) is 24.3 Å². The summed E-state index contributed by atoms with van der Waals surface area (Å²) in [6.07, 6.45) is 0. The number of rotatable bonds is 8. The smallest absolute Gasteiger partial charge is 0.348 e. The number of nitrogens with zero attached hydrogens (tertiary/aromatic N) is 1. The van der Waals surface area contributed by atoms with Crippen molar-refractivity contribution in [3.63, 3.8) is 0 Å². The van der Waals surface area contributed by atoms with Gasteiger partial charge in [0.25, 0.3) is 5.56 Å². The Bertz CT molecular complexity index is 1230. The minimum absolute atomic E-state index is 0.0999. The summed E-state index contributed by atoms with van der Waals surface area (Å²) in [4.78, 5) is 45.2. The maximum absolute atomic E-state index is 12.6. The number of H-pyrrole nitrogens is 1. The Morgan fingerprint density at radius 2 is 2.12 bits per heavy atom. The molecule has 2 heterocycles. The van der Waals surface area contributed by atoms with Crippen molar-refractivity contribution in [1.82, 2.24) is 9.97 Å². The molecule has 0 fully saturated rings. The number of thiophene rings is 1. The normalized spacial score (nSPS) is 12.0. The first-order valence-corrected chi connectivity index (χ1v) is 11.4. The van der Waals surface area contributed by atoms with Gasteiger partial charge < -0.3 is 24.9 Å². The van der Waals surface area contributed by atoms with Crippen LogP contribution in [0, 0.1) is 6.92 Å². The van der Waals surface area contributed by atoms with Crippen LogP contribution in [0.5, 0.6) is 5.75 Å². The SMILES string of the molecule is COCCOC(=O)c1sc2nc(SC(C)C(=O)Nc3cc(Cl)ccc3O)[nH]c(=O)c2c1C. The number of ether oxygens (including phenoxy) is 2. The van der Waals surface area contributed by atoms with E-state index in [2.05, 4.69) is 15.3 Å². The van der Waals surface area contributed by atoms with Crippen LogP contribution in [0.2, 0.25) is 5.02 Å². The molecule has 0 aliphatic heterocycles. The number of nitrogens with one attached hydrogen (secondary N) is 2. The molecule has 1 amide bonds. The number of aromatic amines is 1. The lowest BCUT2D eigenvalue weighted by Crippen LogP contribution is -2.23. The van der Waals surface area contributed by atoms with Crippen LogP contribution in [0.4, 0.5) is 5.69 Å². The monoisotopic (exact) mass is 497 g/mol. The van der Waals surface area contributed by atoms with Gasteiger partial charge in [0.05, 0.1) is 22.9 Å². The Morgan fingerprint density at radius 1 is 1.38 bits per heavy atom. The number of hydrogen-bond acceptors (Lipinski definition) is 9. The number of phenols is 1. The Hall–Kier alpha value is -2.60. The quantitative estimate of drug-likeness (QED) is 0.141. The van der Waals surface area contributed by atoms with E-state index in [0.29, 0.717) is 25.7 Å². The Labute approximate surface area is 196 Å². The molecule has 0 aliphatic rings. The number of anilines is 1. The largest absolute Gasteiger partial charge is 0.506 e. The molecular weight excluding hydrogens is 478 g/mol. The molecule has 0 radical (unpaired) electrons. The van der Waals surface area contributed by atoms with Crippen LogP contribution < -0.4 is 10.9 Å². The van der Waals surface area contributed by atoms with Crippen molar-refractivity contribution < 1.29 is 24.2 Å². The minimum Gasteiger partial charge on any atom is -0.506 e. The maximum Gasteiger partial charge on any atom is 0.348 e. The zero-order valence-corrected chi connectivity index (χ0v) is 19.7. The van der Waals surface area contributed by atoms with Gasteiger partial charge in [-0.15, -0.1) is 11.3 Å². The number of phenolic OH excluding ortho intramolecular Hbond substituents is 1. The fourth-order valence-corrected chi connectivity index (χ4v) is 4.82. The zero-order chi connectivity index (χ0) is 23.4. The molecule has 170 valence electrons. The third-order valence-electron chi connectivity index (χ3n) is 4.36. The second kappa shape index (κ2) is 10.3. The van der Waals surface area contributed by atoms with E-state index in [1.54, 1.807) is 13.8 Å². The molecule has 3 aromatic rings. The van der Waals surface area contributed by atoms with E-state index in [9.17, 15) is 19.5 Å². The van der Waals surface area contributed by atoms with Crippen molar-refractivity contribution in [2.24, 2.45) is 0 Å². The first-order chi connectivity index (χ1) is 15.2. The highest BCUT2D eigenvalue weighted by molar-refractivity contribution is 8.00.